The highest BCUT2D eigenvalue weighted by molar-refractivity contribution is 9.10. The topological polar surface area (TPSA) is 72.2 Å². The fourth-order valence-corrected chi connectivity index (χ4v) is 2.38. The van der Waals surface area contributed by atoms with Crippen LogP contribution in [0.2, 0.25) is 0 Å². The molecular formula is C8H11BrN2O2S. The standard InChI is InChI=1S/C8H11BrN2O2S/c1-6(11-14(10,12)13)7-4-2-3-5-8(7)9/h2-6,11H,1H3,(H2,10,12,13)/t6-/m0/s1. The fraction of sp³-hybridized carbons (Fsp3) is 0.250. The number of benzene rings is 1. The summed E-state index contributed by atoms with van der Waals surface area (Å²) in [7, 11) is -3.66. The lowest BCUT2D eigenvalue weighted by Crippen LogP contribution is -2.33. The van der Waals surface area contributed by atoms with E-state index in [9.17, 15) is 8.42 Å². The number of nitrogens with one attached hydrogen (secondary N) is 1. The van der Waals surface area contributed by atoms with E-state index in [-0.39, 0.29) is 6.04 Å². The molecule has 0 amide bonds. The normalized spacial score (nSPS) is 13.9. The molecule has 0 aromatic heterocycles. The van der Waals surface area contributed by atoms with Gasteiger partial charge in [0.1, 0.15) is 0 Å². The summed E-state index contributed by atoms with van der Waals surface area (Å²) in [4.78, 5) is 0. The van der Waals surface area contributed by atoms with Gasteiger partial charge in [0.25, 0.3) is 10.2 Å². The zero-order valence-electron chi connectivity index (χ0n) is 7.57. The highest BCUT2D eigenvalue weighted by Gasteiger charge is 2.12. The van der Waals surface area contributed by atoms with Crippen molar-refractivity contribution in [3.63, 3.8) is 0 Å². The van der Waals surface area contributed by atoms with Crippen molar-refractivity contribution >= 4 is 26.1 Å². The van der Waals surface area contributed by atoms with E-state index in [1.165, 1.54) is 0 Å². The van der Waals surface area contributed by atoms with Crippen LogP contribution < -0.4 is 9.86 Å². The van der Waals surface area contributed by atoms with Crippen LogP contribution in [0.25, 0.3) is 0 Å². The molecule has 1 aromatic rings. The quantitative estimate of drug-likeness (QED) is 0.875. The van der Waals surface area contributed by atoms with Gasteiger partial charge in [-0.25, -0.2) is 5.14 Å². The van der Waals surface area contributed by atoms with E-state index in [1.807, 2.05) is 24.3 Å². The van der Waals surface area contributed by atoms with Crippen LogP contribution in [0.3, 0.4) is 0 Å². The van der Waals surface area contributed by atoms with Crippen molar-refractivity contribution in [1.29, 1.82) is 0 Å². The SMILES string of the molecule is C[C@H](NS(N)(=O)=O)c1ccccc1Br. The van der Waals surface area contributed by atoms with Crippen molar-refractivity contribution in [1.82, 2.24) is 4.72 Å². The average Bonchev–Trinajstić information content (AvgIpc) is 2.01. The van der Waals surface area contributed by atoms with Crippen LogP contribution in [0.4, 0.5) is 0 Å². The van der Waals surface area contributed by atoms with E-state index in [0.717, 1.165) is 10.0 Å². The van der Waals surface area contributed by atoms with Gasteiger partial charge in [0, 0.05) is 10.5 Å². The molecule has 6 heteroatoms. The third-order valence-electron chi connectivity index (χ3n) is 1.71. The number of rotatable bonds is 3. The summed E-state index contributed by atoms with van der Waals surface area (Å²) in [5.41, 5.74) is 0.849. The Bertz CT molecular complexity index is 419. The van der Waals surface area contributed by atoms with Crippen molar-refractivity contribution in [3.05, 3.63) is 34.3 Å². The summed E-state index contributed by atoms with van der Waals surface area (Å²) in [6.07, 6.45) is 0. The molecule has 0 aliphatic carbocycles. The molecule has 0 saturated carbocycles. The second-order valence-electron chi connectivity index (χ2n) is 2.91. The Hall–Kier alpha value is -0.430. The van der Waals surface area contributed by atoms with Gasteiger partial charge in [-0.1, -0.05) is 34.1 Å². The zero-order valence-corrected chi connectivity index (χ0v) is 9.97. The first-order valence-electron chi connectivity index (χ1n) is 3.94. The molecule has 4 nitrogen and oxygen atoms in total. The molecule has 0 unspecified atom stereocenters. The smallest absolute Gasteiger partial charge is 0.216 e. The second kappa shape index (κ2) is 4.39. The van der Waals surface area contributed by atoms with E-state index in [2.05, 4.69) is 20.7 Å². The first kappa shape index (κ1) is 11.6. The molecule has 1 atom stereocenters. The highest BCUT2D eigenvalue weighted by atomic mass is 79.9. The van der Waals surface area contributed by atoms with Crippen molar-refractivity contribution in [3.8, 4) is 0 Å². The monoisotopic (exact) mass is 278 g/mol. The lowest BCUT2D eigenvalue weighted by molar-refractivity contribution is 0.568. The minimum Gasteiger partial charge on any atom is -0.216 e. The lowest BCUT2D eigenvalue weighted by atomic mass is 10.1. The van der Waals surface area contributed by atoms with E-state index in [4.69, 9.17) is 5.14 Å². The van der Waals surface area contributed by atoms with Gasteiger partial charge in [0.15, 0.2) is 0 Å². The van der Waals surface area contributed by atoms with Crippen LogP contribution in [0.1, 0.15) is 18.5 Å². The molecular weight excluding hydrogens is 268 g/mol. The maximum absolute atomic E-state index is 10.8. The summed E-state index contributed by atoms with van der Waals surface area (Å²) in [5.74, 6) is 0. The number of hydrogen-bond acceptors (Lipinski definition) is 2. The highest BCUT2D eigenvalue weighted by Crippen LogP contribution is 2.22. The minimum absolute atomic E-state index is 0.347. The maximum atomic E-state index is 10.8. The number of halogens is 1. The van der Waals surface area contributed by atoms with Gasteiger partial charge in [0.2, 0.25) is 0 Å². The van der Waals surface area contributed by atoms with Gasteiger partial charge in [-0.3, -0.25) is 0 Å². The van der Waals surface area contributed by atoms with E-state index in [1.54, 1.807) is 6.92 Å². The first-order valence-corrected chi connectivity index (χ1v) is 6.28. The summed E-state index contributed by atoms with van der Waals surface area (Å²) in [6.45, 7) is 1.73. The Labute approximate surface area is 91.8 Å². The van der Waals surface area contributed by atoms with Crippen LogP contribution >= 0.6 is 15.9 Å². The molecule has 0 aliphatic heterocycles. The molecule has 3 N–H and O–H groups in total. The predicted molar refractivity (Wildman–Crippen MR) is 58.8 cm³/mol. The molecule has 14 heavy (non-hydrogen) atoms. The molecule has 1 rings (SSSR count). The molecule has 0 radical (unpaired) electrons. The van der Waals surface area contributed by atoms with Crippen molar-refractivity contribution < 1.29 is 8.42 Å². The predicted octanol–water partition coefficient (Wildman–Crippen LogP) is 1.30. The summed E-state index contributed by atoms with van der Waals surface area (Å²) in [6, 6.07) is 7.02. The van der Waals surface area contributed by atoms with Crippen LogP contribution in [0, 0.1) is 0 Å². The fourth-order valence-electron chi connectivity index (χ4n) is 1.14. The van der Waals surface area contributed by atoms with Crippen molar-refractivity contribution in [2.24, 2.45) is 5.14 Å². The van der Waals surface area contributed by atoms with Crippen LogP contribution in [-0.2, 0) is 10.2 Å². The Morgan fingerprint density at radius 3 is 2.50 bits per heavy atom. The second-order valence-corrected chi connectivity index (χ2v) is 5.09. The van der Waals surface area contributed by atoms with Gasteiger partial charge >= 0.3 is 0 Å². The van der Waals surface area contributed by atoms with Crippen LogP contribution in [-0.4, -0.2) is 8.42 Å². The molecule has 0 aliphatic rings. The molecule has 0 fully saturated rings. The van der Waals surface area contributed by atoms with Gasteiger partial charge in [0.05, 0.1) is 0 Å². The Balaban J connectivity index is 2.90. The molecule has 0 bridgehead atoms. The molecule has 0 heterocycles. The molecule has 78 valence electrons. The van der Waals surface area contributed by atoms with Gasteiger partial charge < -0.3 is 0 Å². The largest absolute Gasteiger partial charge is 0.274 e. The number of hydrogen-bond donors (Lipinski definition) is 2. The van der Waals surface area contributed by atoms with Gasteiger partial charge in [-0.05, 0) is 18.6 Å². The zero-order chi connectivity index (χ0) is 10.8. The number of nitrogens with two attached hydrogens (primary N) is 1. The molecule has 0 spiro atoms. The van der Waals surface area contributed by atoms with Gasteiger partial charge in [-0.15, -0.1) is 0 Å². The molecule has 0 saturated heterocycles. The Morgan fingerprint density at radius 2 is 2.00 bits per heavy atom. The minimum atomic E-state index is -3.66. The van der Waals surface area contributed by atoms with Gasteiger partial charge in [-0.2, -0.15) is 13.1 Å². The Morgan fingerprint density at radius 1 is 1.43 bits per heavy atom. The van der Waals surface area contributed by atoms with Crippen LogP contribution in [0.5, 0.6) is 0 Å². The first-order chi connectivity index (χ1) is 6.40. The third kappa shape index (κ3) is 3.38. The van der Waals surface area contributed by atoms with E-state index < -0.39 is 10.2 Å². The average molecular weight is 279 g/mol. The summed E-state index contributed by atoms with van der Waals surface area (Å²) in [5, 5.41) is 4.87. The Kier molecular flexibility index (Phi) is 3.65. The van der Waals surface area contributed by atoms with E-state index >= 15 is 0 Å². The molecule has 1 aromatic carbocycles. The third-order valence-corrected chi connectivity index (χ3v) is 3.12. The maximum Gasteiger partial charge on any atom is 0.274 e. The van der Waals surface area contributed by atoms with Crippen LogP contribution in [0.15, 0.2) is 28.7 Å². The van der Waals surface area contributed by atoms with Crippen molar-refractivity contribution in [2.45, 2.75) is 13.0 Å². The lowest BCUT2D eigenvalue weighted by Gasteiger charge is -2.13. The summed E-state index contributed by atoms with van der Waals surface area (Å²) >= 11 is 3.33. The summed E-state index contributed by atoms with van der Waals surface area (Å²) < 4.78 is 24.7. The van der Waals surface area contributed by atoms with E-state index in [0.29, 0.717) is 0 Å². The van der Waals surface area contributed by atoms with Crippen molar-refractivity contribution in [2.75, 3.05) is 0 Å².